The minimum atomic E-state index is 0. The first-order valence-electron chi connectivity index (χ1n) is 5.16. The maximum Gasteiger partial charge on any atom is 0.0106 e. The lowest BCUT2D eigenvalue weighted by Crippen LogP contribution is -2.34. The van der Waals surface area contributed by atoms with Crippen LogP contribution in [0.1, 0.15) is 34.1 Å². The monoisotopic (exact) mass is 188 g/mol. The fourth-order valence-electron chi connectivity index (χ4n) is 1.33. The molecule has 0 aromatic carbocycles. The summed E-state index contributed by atoms with van der Waals surface area (Å²) in [6.07, 6.45) is 2.72. The number of nitrogens with zero attached hydrogens (tertiary/aromatic N) is 2. The van der Waals surface area contributed by atoms with E-state index in [-0.39, 0.29) is 7.43 Å². The second-order valence-corrected chi connectivity index (χ2v) is 3.31. The molecule has 2 nitrogen and oxygen atoms in total. The summed E-state index contributed by atoms with van der Waals surface area (Å²) in [7, 11) is 4.42. The molecule has 1 fully saturated rings. The molecule has 1 aliphatic rings. The lowest BCUT2D eigenvalue weighted by atomic mass is 10.2. The van der Waals surface area contributed by atoms with Gasteiger partial charge in [-0.1, -0.05) is 21.3 Å². The zero-order valence-electron chi connectivity index (χ0n) is 9.14. The third-order valence-electron chi connectivity index (χ3n) is 2.19. The highest BCUT2D eigenvalue weighted by atomic mass is 15.2. The van der Waals surface area contributed by atoms with Gasteiger partial charge in [0.1, 0.15) is 0 Å². The minimum absolute atomic E-state index is 0. The van der Waals surface area contributed by atoms with Gasteiger partial charge >= 0.3 is 0 Å². The van der Waals surface area contributed by atoms with Crippen LogP contribution >= 0.6 is 0 Å². The molecule has 0 unspecified atom stereocenters. The van der Waals surface area contributed by atoms with Crippen LogP contribution in [0.3, 0.4) is 0 Å². The van der Waals surface area contributed by atoms with E-state index in [0.29, 0.717) is 0 Å². The van der Waals surface area contributed by atoms with E-state index >= 15 is 0 Å². The predicted molar refractivity (Wildman–Crippen MR) is 62.3 cm³/mol. The summed E-state index contributed by atoms with van der Waals surface area (Å²) in [6, 6.07) is 0. The summed E-state index contributed by atoms with van der Waals surface area (Å²) in [5.74, 6) is 0. The SMILES string of the molecule is C.CC.CN1CCCCN(C)CC1. The Bertz CT molecular complexity index is 82.1. The van der Waals surface area contributed by atoms with Crippen LogP contribution in [0, 0.1) is 0 Å². The normalized spacial score (nSPS) is 20.3. The molecule has 0 spiro atoms. The van der Waals surface area contributed by atoms with Crippen molar-refractivity contribution in [3.05, 3.63) is 0 Å². The summed E-state index contributed by atoms with van der Waals surface area (Å²) in [4.78, 5) is 4.82. The number of rotatable bonds is 0. The zero-order chi connectivity index (χ0) is 9.40. The van der Waals surface area contributed by atoms with Crippen LogP contribution in [0.25, 0.3) is 0 Å². The Labute approximate surface area is 84.9 Å². The molecule has 0 aromatic heterocycles. The molecule has 1 heterocycles. The number of likely N-dealkylation sites (N-methyl/N-ethyl adjacent to an activating group) is 2. The summed E-state index contributed by atoms with van der Waals surface area (Å²) in [5.41, 5.74) is 0. The first kappa shape index (κ1) is 15.4. The average molecular weight is 188 g/mol. The Balaban J connectivity index is 0. The zero-order valence-corrected chi connectivity index (χ0v) is 9.14. The van der Waals surface area contributed by atoms with E-state index in [1.54, 1.807) is 0 Å². The van der Waals surface area contributed by atoms with Crippen molar-refractivity contribution in [1.82, 2.24) is 9.80 Å². The molecule has 82 valence electrons. The van der Waals surface area contributed by atoms with E-state index in [4.69, 9.17) is 0 Å². The molecule has 1 aliphatic heterocycles. The van der Waals surface area contributed by atoms with Crippen molar-refractivity contribution in [2.75, 3.05) is 40.3 Å². The summed E-state index contributed by atoms with van der Waals surface area (Å²) in [6.45, 7) is 9.04. The van der Waals surface area contributed by atoms with Crippen molar-refractivity contribution in [2.45, 2.75) is 34.1 Å². The molecule has 0 atom stereocenters. The van der Waals surface area contributed by atoms with E-state index < -0.39 is 0 Å². The largest absolute Gasteiger partial charge is 0.305 e. The maximum absolute atomic E-state index is 2.41. The quantitative estimate of drug-likeness (QED) is 0.575. The highest BCUT2D eigenvalue weighted by molar-refractivity contribution is 4.61. The van der Waals surface area contributed by atoms with Gasteiger partial charge in [0.25, 0.3) is 0 Å². The second-order valence-electron chi connectivity index (χ2n) is 3.31. The van der Waals surface area contributed by atoms with Gasteiger partial charge in [0.15, 0.2) is 0 Å². The fraction of sp³-hybridized carbons (Fsp3) is 1.00. The molecule has 0 amide bonds. The van der Waals surface area contributed by atoms with Gasteiger partial charge in [-0.3, -0.25) is 0 Å². The van der Waals surface area contributed by atoms with Gasteiger partial charge in [0.05, 0.1) is 0 Å². The lowest BCUT2D eigenvalue weighted by molar-refractivity contribution is 0.222. The first-order valence-corrected chi connectivity index (χ1v) is 5.16. The van der Waals surface area contributed by atoms with E-state index in [1.807, 2.05) is 13.8 Å². The van der Waals surface area contributed by atoms with Gasteiger partial charge in [-0.05, 0) is 40.0 Å². The van der Waals surface area contributed by atoms with Crippen molar-refractivity contribution in [3.8, 4) is 0 Å². The van der Waals surface area contributed by atoms with Crippen LogP contribution < -0.4 is 0 Å². The van der Waals surface area contributed by atoms with Crippen LogP contribution in [-0.2, 0) is 0 Å². The van der Waals surface area contributed by atoms with Crippen molar-refractivity contribution >= 4 is 0 Å². The highest BCUT2D eigenvalue weighted by Crippen LogP contribution is 1.99. The summed E-state index contributed by atoms with van der Waals surface area (Å²) in [5, 5.41) is 0. The van der Waals surface area contributed by atoms with Gasteiger partial charge in [-0.15, -0.1) is 0 Å². The van der Waals surface area contributed by atoms with Gasteiger partial charge in [-0.25, -0.2) is 0 Å². The van der Waals surface area contributed by atoms with Gasteiger partial charge in [0.2, 0.25) is 0 Å². The number of hydrogen-bond acceptors (Lipinski definition) is 2. The molecule has 0 bridgehead atoms. The van der Waals surface area contributed by atoms with Crippen molar-refractivity contribution in [2.24, 2.45) is 0 Å². The van der Waals surface area contributed by atoms with E-state index in [1.165, 1.54) is 39.0 Å². The first-order chi connectivity index (χ1) is 5.79. The Kier molecular flexibility index (Phi) is 11.8. The van der Waals surface area contributed by atoms with Crippen molar-refractivity contribution in [3.63, 3.8) is 0 Å². The van der Waals surface area contributed by atoms with Crippen molar-refractivity contribution < 1.29 is 0 Å². The van der Waals surface area contributed by atoms with Crippen molar-refractivity contribution in [1.29, 1.82) is 0 Å². The van der Waals surface area contributed by atoms with Crippen LogP contribution in [-0.4, -0.2) is 50.1 Å². The fourth-order valence-corrected chi connectivity index (χ4v) is 1.33. The van der Waals surface area contributed by atoms with E-state index in [0.717, 1.165) is 0 Å². The van der Waals surface area contributed by atoms with Crippen LogP contribution in [0.15, 0.2) is 0 Å². The molecular formula is C11H28N2. The van der Waals surface area contributed by atoms with Crippen LogP contribution in [0.4, 0.5) is 0 Å². The Morgan fingerprint density at radius 1 is 0.692 bits per heavy atom. The van der Waals surface area contributed by atoms with Gasteiger partial charge in [-0.2, -0.15) is 0 Å². The van der Waals surface area contributed by atoms with Crippen LogP contribution in [0.2, 0.25) is 0 Å². The number of hydrogen-bond donors (Lipinski definition) is 0. The minimum Gasteiger partial charge on any atom is -0.305 e. The van der Waals surface area contributed by atoms with Gasteiger partial charge < -0.3 is 9.80 Å². The molecule has 2 heteroatoms. The molecule has 0 radical (unpaired) electrons. The molecule has 0 aromatic rings. The predicted octanol–water partition coefficient (Wildman–Crippen LogP) is 2.31. The molecule has 0 N–H and O–H groups in total. The lowest BCUT2D eigenvalue weighted by Gasteiger charge is -2.25. The maximum atomic E-state index is 2.41. The average Bonchev–Trinajstić information content (AvgIpc) is 2.10. The second kappa shape index (κ2) is 10.0. The van der Waals surface area contributed by atoms with E-state index in [2.05, 4.69) is 23.9 Å². The molecular weight excluding hydrogens is 160 g/mol. The smallest absolute Gasteiger partial charge is 0.0106 e. The summed E-state index contributed by atoms with van der Waals surface area (Å²) >= 11 is 0. The van der Waals surface area contributed by atoms with E-state index in [9.17, 15) is 0 Å². The van der Waals surface area contributed by atoms with Gasteiger partial charge in [0, 0.05) is 13.1 Å². The standard InChI is InChI=1S/C8H18N2.C2H6.CH4/c1-9-5-3-4-6-10(2)8-7-9;1-2;/h3-8H2,1-2H3;1-2H3;1H4. The highest BCUT2D eigenvalue weighted by Gasteiger charge is 2.05. The summed E-state index contributed by atoms with van der Waals surface area (Å²) < 4.78 is 0. The molecule has 0 saturated carbocycles. The van der Waals surface area contributed by atoms with Crippen LogP contribution in [0.5, 0.6) is 0 Å². The molecule has 0 aliphatic carbocycles. The topological polar surface area (TPSA) is 6.48 Å². The molecule has 1 saturated heterocycles. The third kappa shape index (κ3) is 8.26. The Morgan fingerprint density at radius 2 is 1.00 bits per heavy atom. The molecule has 13 heavy (non-hydrogen) atoms. The Morgan fingerprint density at radius 3 is 1.31 bits per heavy atom. The molecule has 1 rings (SSSR count). The Hall–Kier alpha value is -0.0800. The third-order valence-corrected chi connectivity index (χ3v) is 2.19.